The van der Waals surface area contributed by atoms with Crippen molar-refractivity contribution in [1.29, 1.82) is 0 Å². The van der Waals surface area contributed by atoms with E-state index >= 15 is 0 Å². The zero-order valence-electron chi connectivity index (χ0n) is 18.0. The molecule has 0 aliphatic carbocycles. The summed E-state index contributed by atoms with van der Waals surface area (Å²) in [4.78, 5) is 28.1. The van der Waals surface area contributed by atoms with Crippen molar-refractivity contribution in [2.24, 2.45) is 5.73 Å². The number of pyridine rings is 1. The van der Waals surface area contributed by atoms with Gasteiger partial charge in [-0.3, -0.25) is 14.6 Å². The van der Waals surface area contributed by atoms with Crippen LogP contribution in [0.25, 0.3) is 22.2 Å². The maximum atomic E-state index is 12.0. The second kappa shape index (κ2) is 9.23. The van der Waals surface area contributed by atoms with E-state index in [2.05, 4.69) is 41.6 Å². The lowest BCUT2D eigenvalue weighted by molar-refractivity contribution is -0.111. The minimum absolute atomic E-state index is 0.170. The van der Waals surface area contributed by atoms with E-state index in [-0.39, 0.29) is 18.3 Å². The van der Waals surface area contributed by atoms with Gasteiger partial charge < -0.3 is 15.8 Å². The number of carbonyl (C=O) groups excluding carboxylic acids is 2. The molecule has 162 valence electrons. The Morgan fingerprint density at radius 2 is 2.06 bits per heavy atom. The summed E-state index contributed by atoms with van der Waals surface area (Å²) in [5, 5.41) is 7.67. The molecule has 3 N–H and O–H groups in total. The number of amides is 2. The molecule has 9 heteroatoms. The fourth-order valence-electron chi connectivity index (χ4n) is 2.99. The van der Waals surface area contributed by atoms with Gasteiger partial charge in [0.05, 0.1) is 17.4 Å². The second-order valence-corrected chi connectivity index (χ2v) is 14.0. The molecule has 2 aromatic heterocycles. The van der Waals surface area contributed by atoms with Crippen molar-refractivity contribution in [3.63, 3.8) is 0 Å². The number of hydrogen-bond donors (Lipinski definition) is 2. The number of nitrogens with zero attached hydrogens (tertiary/aromatic N) is 3. The van der Waals surface area contributed by atoms with Crippen molar-refractivity contribution in [1.82, 2.24) is 14.8 Å². The summed E-state index contributed by atoms with van der Waals surface area (Å²) >= 11 is 0. The summed E-state index contributed by atoms with van der Waals surface area (Å²) in [5.41, 5.74) is 8.42. The van der Waals surface area contributed by atoms with E-state index in [1.165, 1.54) is 6.08 Å². The lowest BCUT2D eigenvalue weighted by atomic mass is 10.1. The van der Waals surface area contributed by atoms with Crippen molar-refractivity contribution < 1.29 is 14.3 Å². The van der Waals surface area contributed by atoms with Crippen LogP contribution in [0.3, 0.4) is 0 Å². The number of rotatable bonds is 9. The van der Waals surface area contributed by atoms with Crippen molar-refractivity contribution >= 4 is 36.5 Å². The highest BCUT2D eigenvalue weighted by molar-refractivity contribution is 6.76. The maximum Gasteiger partial charge on any atom is 0.269 e. The number of nitrogens with one attached hydrogen (secondary N) is 1. The van der Waals surface area contributed by atoms with Crippen LogP contribution in [0.5, 0.6) is 0 Å². The van der Waals surface area contributed by atoms with Crippen LogP contribution in [0, 0.1) is 0 Å². The van der Waals surface area contributed by atoms with Gasteiger partial charge >= 0.3 is 0 Å². The summed E-state index contributed by atoms with van der Waals surface area (Å²) in [6, 6.07) is 10.1. The summed E-state index contributed by atoms with van der Waals surface area (Å²) in [7, 11) is -1.20. The number of hydrogen-bond acceptors (Lipinski definition) is 5. The smallest absolute Gasteiger partial charge is 0.269 e. The van der Waals surface area contributed by atoms with Gasteiger partial charge in [-0.05, 0) is 30.3 Å². The van der Waals surface area contributed by atoms with Crippen LogP contribution in [-0.2, 0) is 16.3 Å². The molecule has 31 heavy (non-hydrogen) atoms. The SMILES string of the molecule is C=CC(=O)Nc1cccc(-c2cc3c(C(N)=O)nn(COCC[Si](C)(C)C)c3cn2)c1. The van der Waals surface area contributed by atoms with Gasteiger partial charge in [0.2, 0.25) is 5.91 Å². The van der Waals surface area contributed by atoms with E-state index in [1.54, 1.807) is 29.1 Å². The molecule has 0 fully saturated rings. The van der Waals surface area contributed by atoms with Crippen molar-refractivity contribution in [3.8, 4) is 11.3 Å². The first kappa shape index (κ1) is 22.4. The Bertz CT molecular complexity index is 1130. The minimum atomic E-state index is -1.20. The van der Waals surface area contributed by atoms with Gasteiger partial charge in [-0.25, -0.2) is 4.68 Å². The van der Waals surface area contributed by atoms with Gasteiger partial charge in [-0.2, -0.15) is 5.10 Å². The minimum Gasteiger partial charge on any atom is -0.364 e. The molecule has 2 amide bonds. The summed E-state index contributed by atoms with van der Waals surface area (Å²) in [6.45, 7) is 11.2. The Morgan fingerprint density at radius 3 is 2.74 bits per heavy atom. The topological polar surface area (TPSA) is 112 Å². The van der Waals surface area contributed by atoms with Crippen LogP contribution in [0.1, 0.15) is 10.5 Å². The van der Waals surface area contributed by atoms with Crippen LogP contribution in [0.2, 0.25) is 25.7 Å². The Balaban J connectivity index is 1.90. The molecule has 0 radical (unpaired) electrons. The first-order valence-corrected chi connectivity index (χ1v) is 13.7. The lowest BCUT2D eigenvalue weighted by Crippen LogP contribution is -2.22. The molecule has 0 saturated carbocycles. The Morgan fingerprint density at radius 1 is 1.29 bits per heavy atom. The highest BCUT2D eigenvalue weighted by atomic mass is 28.3. The predicted molar refractivity (Wildman–Crippen MR) is 124 cm³/mol. The third kappa shape index (κ3) is 5.65. The fraction of sp³-hybridized carbons (Fsp3) is 0.273. The Labute approximate surface area is 182 Å². The third-order valence-electron chi connectivity index (χ3n) is 4.69. The van der Waals surface area contributed by atoms with Gasteiger partial charge in [0.25, 0.3) is 5.91 Å². The average molecular weight is 438 g/mol. The highest BCUT2D eigenvalue weighted by Gasteiger charge is 2.17. The van der Waals surface area contributed by atoms with Crippen molar-refractivity contribution in [3.05, 3.63) is 54.9 Å². The molecule has 0 spiro atoms. The highest BCUT2D eigenvalue weighted by Crippen LogP contribution is 2.26. The average Bonchev–Trinajstić information content (AvgIpc) is 3.09. The number of anilines is 1. The standard InChI is InChI=1S/C22H27N5O3Si/c1-5-20(28)25-16-8-6-7-15(11-16)18-12-17-19(13-24-18)27(26-21(17)22(23)29)14-30-9-10-31(2,3)4/h5-8,11-13H,1,9-10,14H2,2-4H3,(H2,23,29)(H,25,28). The number of primary amides is 1. The maximum absolute atomic E-state index is 12.0. The van der Waals surface area contributed by atoms with Gasteiger partial charge in [0, 0.05) is 31.3 Å². The molecule has 0 unspecified atom stereocenters. The van der Waals surface area contributed by atoms with Gasteiger partial charge in [0.1, 0.15) is 6.73 Å². The number of nitrogens with two attached hydrogens (primary N) is 1. The summed E-state index contributed by atoms with van der Waals surface area (Å²) in [6.07, 6.45) is 2.86. The largest absolute Gasteiger partial charge is 0.364 e. The normalized spacial score (nSPS) is 11.5. The molecule has 1 aromatic carbocycles. The van der Waals surface area contributed by atoms with E-state index < -0.39 is 14.0 Å². The van der Waals surface area contributed by atoms with Crippen molar-refractivity contribution in [2.45, 2.75) is 32.4 Å². The fourth-order valence-corrected chi connectivity index (χ4v) is 3.75. The van der Waals surface area contributed by atoms with E-state index in [9.17, 15) is 9.59 Å². The van der Waals surface area contributed by atoms with E-state index in [1.807, 2.05) is 12.1 Å². The van der Waals surface area contributed by atoms with Gasteiger partial charge in [-0.15, -0.1) is 0 Å². The molecular formula is C22H27N5O3Si. The third-order valence-corrected chi connectivity index (χ3v) is 6.40. The number of aromatic nitrogens is 3. The molecular weight excluding hydrogens is 410 g/mol. The number of fused-ring (bicyclic) bond motifs is 1. The number of ether oxygens (including phenoxy) is 1. The second-order valence-electron chi connectivity index (χ2n) is 8.42. The Kier molecular flexibility index (Phi) is 6.67. The van der Waals surface area contributed by atoms with E-state index in [0.29, 0.717) is 28.9 Å². The quantitative estimate of drug-likeness (QED) is 0.302. The zero-order valence-corrected chi connectivity index (χ0v) is 19.0. The molecule has 0 aliphatic rings. The molecule has 3 aromatic rings. The summed E-state index contributed by atoms with van der Waals surface area (Å²) in [5.74, 6) is -0.915. The van der Waals surface area contributed by atoms with E-state index in [0.717, 1.165) is 11.6 Å². The molecule has 0 bridgehead atoms. The lowest BCUT2D eigenvalue weighted by Gasteiger charge is -2.15. The summed E-state index contributed by atoms with van der Waals surface area (Å²) < 4.78 is 7.39. The zero-order chi connectivity index (χ0) is 22.6. The molecule has 0 saturated heterocycles. The first-order valence-electron chi connectivity index (χ1n) is 9.96. The molecule has 0 atom stereocenters. The Hall–Kier alpha value is -3.30. The monoisotopic (exact) mass is 437 g/mol. The van der Waals surface area contributed by atoms with E-state index in [4.69, 9.17) is 10.5 Å². The first-order chi connectivity index (χ1) is 14.7. The predicted octanol–water partition coefficient (Wildman–Crippen LogP) is 3.63. The molecule has 3 rings (SSSR count). The van der Waals surface area contributed by atoms with Crippen LogP contribution in [-0.4, -0.2) is 41.3 Å². The van der Waals surface area contributed by atoms with Gasteiger partial charge in [-0.1, -0.05) is 38.4 Å². The number of carbonyl (C=O) groups is 2. The van der Waals surface area contributed by atoms with Gasteiger partial charge in [0.15, 0.2) is 5.69 Å². The van der Waals surface area contributed by atoms with Crippen LogP contribution < -0.4 is 11.1 Å². The molecule has 8 nitrogen and oxygen atoms in total. The van der Waals surface area contributed by atoms with Crippen LogP contribution in [0.15, 0.2) is 49.2 Å². The molecule has 2 heterocycles. The van der Waals surface area contributed by atoms with Crippen LogP contribution in [0.4, 0.5) is 5.69 Å². The number of benzene rings is 1. The van der Waals surface area contributed by atoms with Crippen LogP contribution >= 0.6 is 0 Å². The van der Waals surface area contributed by atoms with Crippen molar-refractivity contribution in [2.75, 3.05) is 11.9 Å². The molecule has 0 aliphatic heterocycles.